The lowest BCUT2D eigenvalue weighted by Crippen LogP contribution is -2.40. The number of nitrogens with one attached hydrogen (secondary N) is 2. The molecule has 0 radical (unpaired) electrons. The molecule has 0 unspecified atom stereocenters. The number of piperidine rings is 1. The molecule has 0 bridgehead atoms. The van der Waals surface area contributed by atoms with Crippen molar-refractivity contribution in [1.82, 2.24) is 9.24 Å². The summed E-state index contributed by atoms with van der Waals surface area (Å²) in [7, 11) is 3.64. The van der Waals surface area contributed by atoms with Crippen LogP contribution in [0.25, 0.3) is 0 Å². The van der Waals surface area contributed by atoms with Gasteiger partial charge >= 0.3 is 0 Å². The molecule has 0 aromatic heterocycles. The Balaban J connectivity index is 1.92. The van der Waals surface area contributed by atoms with Crippen molar-refractivity contribution in [3.63, 3.8) is 0 Å². The van der Waals surface area contributed by atoms with E-state index in [1.165, 1.54) is 22.3 Å². The smallest absolute Gasteiger partial charge is 0.132 e. The summed E-state index contributed by atoms with van der Waals surface area (Å²) in [6, 6.07) is 4.41. The zero-order valence-corrected chi connectivity index (χ0v) is 21.7. The Morgan fingerprint density at radius 1 is 1.22 bits per heavy atom. The van der Waals surface area contributed by atoms with Gasteiger partial charge in [-0.3, -0.25) is 9.34 Å². The minimum absolute atomic E-state index is 0.568. The van der Waals surface area contributed by atoms with Crippen molar-refractivity contribution in [2.24, 2.45) is 0 Å². The van der Waals surface area contributed by atoms with E-state index >= 15 is 0 Å². The highest BCUT2D eigenvalue weighted by Gasteiger charge is 2.27. The quantitative estimate of drug-likeness (QED) is 0.469. The zero-order chi connectivity index (χ0) is 23.4. The number of halogens is 1. The van der Waals surface area contributed by atoms with Crippen LogP contribution in [-0.2, 0) is 4.74 Å². The Kier molecular flexibility index (Phi) is 7.88. The second-order valence-corrected chi connectivity index (χ2v) is 9.48. The number of hydrogen-bond acceptors (Lipinski definition) is 4. The molecule has 5 nitrogen and oxygen atoms in total. The third-order valence-electron chi connectivity index (χ3n) is 6.07. The van der Waals surface area contributed by atoms with Crippen molar-refractivity contribution in [3.8, 4) is 0 Å². The average Bonchev–Trinajstić information content (AvgIpc) is 2.91. The van der Waals surface area contributed by atoms with Crippen molar-refractivity contribution in [2.75, 3.05) is 32.1 Å². The van der Waals surface area contributed by atoms with Gasteiger partial charge in [-0.05, 0) is 75.3 Å². The van der Waals surface area contributed by atoms with E-state index in [0.29, 0.717) is 12.4 Å². The first kappa shape index (κ1) is 24.2. The third-order valence-corrected chi connectivity index (χ3v) is 6.67. The van der Waals surface area contributed by atoms with E-state index in [4.69, 9.17) is 10.1 Å². The topological polar surface area (TPSA) is 51.6 Å². The number of anilines is 1. The van der Waals surface area contributed by atoms with Crippen LogP contribution in [0.5, 0.6) is 0 Å². The summed E-state index contributed by atoms with van der Waals surface area (Å²) in [6.07, 6.45) is 9.19. The lowest BCUT2D eigenvalue weighted by Gasteiger charge is -2.35. The molecule has 2 N–H and O–H groups in total. The molecule has 1 aromatic carbocycles. The van der Waals surface area contributed by atoms with Gasteiger partial charge in [0, 0.05) is 24.9 Å². The average molecular weight is 499 g/mol. The Morgan fingerprint density at radius 3 is 2.53 bits per heavy atom. The molecule has 32 heavy (non-hydrogen) atoms. The first-order valence-corrected chi connectivity index (χ1v) is 11.9. The lowest BCUT2D eigenvalue weighted by atomic mass is 9.98. The molecule has 1 saturated heterocycles. The summed E-state index contributed by atoms with van der Waals surface area (Å²) in [5, 5.41) is 12.4. The summed E-state index contributed by atoms with van der Waals surface area (Å²) >= 11 is 3.77. The summed E-state index contributed by atoms with van der Waals surface area (Å²) in [5.41, 5.74) is 8.25. The number of hydrogen-bond donors (Lipinski definition) is 2. The van der Waals surface area contributed by atoms with Crippen LogP contribution in [-0.4, -0.2) is 37.0 Å². The van der Waals surface area contributed by atoms with E-state index in [9.17, 15) is 0 Å². The molecule has 0 atom stereocenters. The van der Waals surface area contributed by atoms with Gasteiger partial charge < -0.3 is 15.0 Å². The maximum Gasteiger partial charge on any atom is 0.132 e. The number of methoxy groups -OCH3 is 1. The molecule has 2 aliphatic rings. The minimum atomic E-state index is 0.568. The molecule has 1 aliphatic heterocycles. The maximum absolute atomic E-state index is 9.08. The van der Waals surface area contributed by atoms with Crippen molar-refractivity contribution in [2.45, 2.75) is 47.0 Å². The second-order valence-electron chi connectivity index (χ2n) is 8.62. The van der Waals surface area contributed by atoms with E-state index in [-0.39, 0.29) is 0 Å². The van der Waals surface area contributed by atoms with Crippen LogP contribution in [0.2, 0.25) is 0 Å². The predicted molar refractivity (Wildman–Crippen MR) is 138 cm³/mol. The molecule has 1 aromatic rings. The summed E-state index contributed by atoms with van der Waals surface area (Å²) in [6.45, 7) is 10.0. The number of rotatable bonds is 6. The van der Waals surface area contributed by atoms with E-state index in [1.54, 1.807) is 7.11 Å². The fourth-order valence-electron chi connectivity index (χ4n) is 4.68. The zero-order valence-electron chi connectivity index (χ0n) is 20.1. The highest BCUT2D eigenvalue weighted by molar-refractivity contribution is 9.07. The first-order chi connectivity index (χ1) is 15.3. The van der Waals surface area contributed by atoms with E-state index < -0.39 is 0 Å². The molecule has 3 rings (SSSR count). The summed E-state index contributed by atoms with van der Waals surface area (Å²) in [5.74, 6) is 2.42. The molecule has 0 spiro atoms. The van der Waals surface area contributed by atoms with Crippen molar-refractivity contribution >= 4 is 27.7 Å². The highest BCUT2D eigenvalue weighted by Crippen LogP contribution is 2.33. The second kappa shape index (κ2) is 10.4. The van der Waals surface area contributed by atoms with Crippen LogP contribution in [0.4, 0.5) is 5.69 Å². The predicted octanol–water partition coefficient (Wildman–Crippen LogP) is 6.04. The molecule has 1 heterocycles. The summed E-state index contributed by atoms with van der Waals surface area (Å²) < 4.78 is 7.60. The van der Waals surface area contributed by atoms with Gasteiger partial charge in [0.25, 0.3) is 0 Å². The number of amidine groups is 1. The number of nitrogens with zero attached hydrogens (tertiary/aromatic N) is 2. The lowest BCUT2D eigenvalue weighted by molar-refractivity contribution is 0.301. The van der Waals surface area contributed by atoms with E-state index in [1.807, 2.05) is 11.0 Å². The van der Waals surface area contributed by atoms with Gasteiger partial charge in [0.2, 0.25) is 0 Å². The Labute approximate surface area is 201 Å². The van der Waals surface area contributed by atoms with Crippen LogP contribution in [0, 0.1) is 26.2 Å². The SMILES string of the molecule is CN/C(=C1/CCCN(c2c(C)cc(C)cc2C)C1=N)N(Br)CC1=CC(OC)=C(C)CC=C1. The molecule has 1 fully saturated rings. The van der Waals surface area contributed by atoms with E-state index in [2.05, 4.69) is 84.4 Å². The van der Waals surface area contributed by atoms with Gasteiger partial charge in [0.1, 0.15) is 17.4 Å². The highest BCUT2D eigenvalue weighted by atomic mass is 79.9. The Morgan fingerprint density at radius 2 is 1.91 bits per heavy atom. The van der Waals surface area contributed by atoms with Gasteiger partial charge in [-0.2, -0.15) is 0 Å². The number of aryl methyl sites for hydroxylation is 3. The van der Waals surface area contributed by atoms with Crippen LogP contribution < -0.4 is 10.2 Å². The van der Waals surface area contributed by atoms with Gasteiger partial charge in [0.05, 0.1) is 29.8 Å². The normalized spacial score (nSPS) is 18.4. The standard InChI is InChI=1S/C26H35BrN4O/c1-17-13-19(3)24(20(4)14-17)30-12-8-11-22(25(30)28)26(29-5)31(27)16-21-10-7-9-18(2)23(15-21)32-6/h7,10,13-15,28-29H,8-9,11-12,16H2,1-6H3/b26-22+,28-25?. The maximum atomic E-state index is 9.08. The number of ether oxygens (including phenoxy) is 1. The van der Waals surface area contributed by atoms with E-state index in [0.717, 1.165) is 54.2 Å². The number of allylic oxidation sites excluding steroid dienone is 3. The molecule has 0 saturated carbocycles. The van der Waals surface area contributed by atoms with Crippen LogP contribution in [0.15, 0.2) is 58.7 Å². The van der Waals surface area contributed by atoms with Gasteiger partial charge in [-0.1, -0.05) is 29.8 Å². The van der Waals surface area contributed by atoms with Crippen LogP contribution in [0.3, 0.4) is 0 Å². The van der Waals surface area contributed by atoms with Crippen LogP contribution in [0.1, 0.15) is 42.9 Å². The van der Waals surface area contributed by atoms with Gasteiger partial charge in [-0.15, -0.1) is 0 Å². The van der Waals surface area contributed by atoms with Crippen LogP contribution >= 0.6 is 16.1 Å². The molecule has 172 valence electrons. The molecule has 1 aliphatic carbocycles. The monoisotopic (exact) mass is 498 g/mol. The van der Waals surface area contributed by atoms with Gasteiger partial charge in [0.15, 0.2) is 0 Å². The Hall–Kier alpha value is -2.47. The molecular weight excluding hydrogens is 464 g/mol. The van der Waals surface area contributed by atoms with Gasteiger partial charge in [-0.25, -0.2) is 0 Å². The molecular formula is C26H35BrN4O. The Bertz CT molecular complexity index is 996. The fourth-order valence-corrected chi connectivity index (χ4v) is 5.36. The molecule has 6 heteroatoms. The molecule has 0 amide bonds. The largest absolute Gasteiger partial charge is 0.497 e. The van der Waals surface area contributed by atoms with Crippen molar-refractivity contribution in [1.29, 1.82) is 5.41 Å². The summed E-state index contributed by atoms with van der Waals surface area (Å²) in [4.78, 5) is 2.17. The first-order valence-electron chi connectivity index (χ1n) is 11.2. The number of benzene rings is 1. The third kappa shape index (κ3) is 5.12. The van der Waals surface area contributed by atoms with Crippen molar-refractivity contribution in [3.05, 3.63) is 75.4 Å². The fraction of sp³-hybridized carbons (Fsp3) is 0.423. The minimum Gasteiger partial charge on any atom is -0.497 e. The van der Waals surface area contributed by atoms with Crippen molar-refractivity contribution < 1.29 is 4.74 Å².